The van der Waals surface area contributed by atoms with E-state index in [0.717, 1.165) is 92.2 Å². The second kappa shape index (κ2) is 27.7. The highest BCUT2D eigenvalue weighted by molar-refractivity contribution is 7.99. The lowest BCUT2D eigenvalue weighted by Gasteiger charge is -2.39. The molecule has 5 aromatic carbocycles. The van der Waals surface area contributed by atoms with Crippen LogP contribution in [0.4, 0.5) is 30.2 Å². The van der Waals surface area contributed by atoms with Crippen molar-refractivity contribution in [2.75, 3.05) is 80.7 Å². The summed E-state index contributed by atoms with van der Waals surface area (Å²) in [5, 5.41) is 9.17. The van der Waals surface area contributed by atoms with Gasteiger partial charge in [0.05, 0.1) is 21.7 Å². The van der Waals surface area contributed by atoms with Crippen LogP contribution in [0.2, 0.25) is 5.02 Å². The number of sulfonamides is 1. The summed E-state index contributed by atoms with van der Waals surface area (Å²) in [6.07, 6.45) is 6.68. The van der Waals surface area contributed by atoms with Crippen LogP contribution in [0, 0.1) is 5.41 Å². The summed E-state index contributed by atoms with van der Waals surface area (Å²) in [6.45, 7) is 10.1. The molecule has 1 aliphatic carbocycles. The third-order valence-corrected chi connectivity index (χ3v) is 20.7. The van der Waals surface area contributed by atoms with Crippen LogP contribution in [0.1, 0.15) is 115 Å². The van der Waals surface area contributed by atoms with Crippen molar-refractivity contribution >= 4 is 95.4 Å². The monoisotopic (exact) mass is 1270 g/mol. The van der Waals surface area contributed by atoms with E-state index >= 15 is 0 Å². The number of anilines is 3. The van der Waals surface area contributed by atoms with Crippen LogP contribution in [0.15, 0.2) is 136 Å². The van der Waals surface area contributed by atoms with Gasteiger partial charge in [-0.15, -0.1) is 11.8 Å². The van der Waals surface area contributed by atoms with Crippen LogP contribution in [-0.4, -0.2) is 144 Å². The molecule has 464 valence electrons. The van der Waals surface area contributed by atoms with Crippen LogP contribution in [-0.2, 0) is 29.4 Å². The number of sulfone groups is 1. The molecular weight excluding hydrogens is 1200 g/mol. The van der Waals surface area contributed by atoms with Crippen molar-refractivity contribution in [3.8, 4) is 0 Å². The standard InChI is InChI=1S/C63H72ClF3N8O9S3/c1-62(2)30-28-50(42-16-20-45(64)21-17-42)44(39-62)40-73-34-36-74(37-35-73)47-22-18-43(19-23-47)58(77)71-87(83,84)49-24-25-52(55(38-49)86(81,82)63(65,66)67)69-46(41-85-48-12-7-6-8-13-48)29-33-72(3)32-10-5-4-9-31-68-53-15-11-14-51-57(53)61(80)75(60(51)79)54-26-27-56(76)70-59(54)78/h6-8,11-25,38,46,54,68-69H,4-5,9-10,26-37,39-41H2,1-3H3,(H,71,77)(H,70,76,78)/t46-,54-/m1/s1. The van der Waals surface area contributed by atoms with Crippen molar-refractivity contribution in [1.82, 2.24) is 24.7 Å². The fourth-order valence-electron chi connectivity index (χ4n) is 11.6. The van der Waals surface area contributed by atoms with E-state index in [-0.39, 0.29) is 34.9 Å². The molecule has 5 amide bonds. The molecule has 9 rings (SSSR count). The van der Waals surface area contributed by atoms with Crippen LogP contribution in [0.3, 0.4) is 0 Å². The van der Waals surface area contributed by atoms with Gasteiger partial charge in [0.2, 0.25) is 11.8 Å². The number of carbonyl (C=O) groups is 5. The summed E-state index contributed by atoms with van der Waals surface area (Å²) in [5.74, 6) is -3.08. The van der Waals surface area contributed by atoms with E-state index < -0.39 is 82.5 Å². The minimum absolute atomic E-state index is 0.0167. The molecule has 3 heterocycles. The van der Waals surface area contributed by atoms with Crippen molar-refractivity contribution in [3.05, 3.63) is 148 Å². The lowest BCUT2D eigenvalue weighted by atomic mass is 9.73. The average Bonchev–Trinajstić information content (AvgIpc) is 1.82. The Balaban J connectivity index is 0.786. The van der Waals surface area contributed by atoms with E-state index in [4.69, 9.17) is 11.6 Å². The number of unbranched alkanes of at least 4 members (excludes halogenated alkanes) is 3. The Morgan fingerprint density at radius 1 is 0.816 bits per heavy atom. The van der Waals surface area contributed by atoms with Gasteiger partial charge < -0.3 is 20.4 Å². The van der Waals surface area contributed by atoms with Gasteiger partial charge in [-0.25, -0.2) is 21.6 Å². The molecule has 2 saturated heterocycles. The van der Waals surface area contributed by atoms with Gasteiger partial charge in [0.15, 0.2) is 0 Å². The number of amides is 5. The number of halogens is 4. The number of fused-ring (bicyclic) bond motifs is 1. The van der Waals surface area contributed by atoms with E-state index in [0.29, 0.717) is 61.7 Å². The first-order chi connectivity index (χ1) is 41.4. The molecule has 2 fully saturated rings. The summed E-state index contributed by atoms with van der Waals surface area (Å²) in [7, 11) is -9.16. The SMILES string of the molecule is CN(CCCCCCNc1cccc2c1C(=O)N([C@@H]1CCC(=O)NC1=O)C2=O)CC[C@H](CSc1ccccc1)Nc1ccc(S(=O)(=O)NC(=O)c2ccc(N3CCN(CC4=C(c5ccc(Cl)cc5)CCC(C)(C)C4)CC3)cc2)cc1S(=O)(=O)C(F)(F)F. The Morgan fingerprint density at radius 3 is 2.23 bits per heavy atom. The molecule has 4 N–H and O–H groups in total. The number of alkyl halides is 3. The lowest BCUT2D eigenvalue weighted by Crippen LogP contribution is -2.54. The highest BCUT2D eigenvalue weighted by Gasteiger charge is 2.49. The summed E-state index contributed by atoms with van der Waals surface area (Å²) in [5.41, 5.74) is -0.420. The summed E-state index contributed by atoms with van der Waals surface area (Å²) in [6, 6.07) is 29.2. The normalized spacial score (nSPS) is 18.0. The van der Waals surface area contributed by atoms with E-state index in [1.54, 1.807) is 24.3 Å². The summed E-state index contributed by atoms with van der Waals surface area (Å²) < 4.78 is 99.5. The Hall–Kier alpha value is -6.76. The van der Waals surface area contributed by atoms with Gasteiger partial charge in [0.25, 0.3) is 37.6 Å². The predicted molar refractivity (Wildman–Crippen MR) is 332 cm³/mol. The third-order valence-electron chi connectivity index (χ3n) is 16.4. The minimum atomic E-state index is -6.14. The number of imide groups is 2. The van der Waals surface area contributed by atoms with E-state index in [2.05, 4.69) is 56.6 Å². The van der Waals surface area contributed by atoms with Crippen molar-refractivity contribution < 1.29 is 54.0 Å². The molecular formula is C63H72ClF3N8O9S3. The zero-order chi connectivity index (χ0) is 62.3. The van der Waals surface area contributed by atoms with Gasteiger partial charge in [-0.3, -0.25) is 39.1 Å². The number of nitrogens with zero attached hydrogens (tertiary/aromatic N) is 4. The number of benzene rings is 5. The number of carbonyl (C=O) groups excluding carboxylic acids is 5. The van der Waals surface area contributed by atoms with Crippen molar-refractivity contribution in [2.45, 2.75) is 110 Å². The first kappa shape index (κ1) is 64.7. The van der Waals surface area contributed by atoms with Crippen LogP contribution >= 0.6 is 23.4 Å². The highest BCUT2D eigenvalue weighted by atomic mass is 35.5. The van der Waals surface area contributed by atoms with Crippen LogP contribution in [0.5, 0.6) is 0 Å². The molecule has 0 saturated carbocycles. The van der Waals surface area contributed by atoms with Gasteiger partial charge in [-0.2, -0.15) is 13.2 Å². The molecule has 2 atom stereocenters. The molecule has 0 bridgehead atoms. The molecule has 17 nitrogen and oxygen atoms in total. The molecule has 0 unspecified atom stereocenters. The molecule has 4 aliphatic rings. The Morgan fingerprint density at radius 2 is 1.53 bits per heavy atom. The van der Waals surface area contributed by atoms with E-state index in [1.807, 2.05) is 54.2 Å². The quantitative estimate of drug-likeness (QED) is 0.0243. The maximum atomic E-state index is 14.5. The van der Waals surface area contributed by atoms with Gasteiger partial charge in [0, 0.05) is 84.3 Å². The van der Waals surface area contributed by atoms with Crippen molar-refractivity contribution in [3.63, 3.8) is 0 Å². The molecule has 0 radical (unpaired) electrons. The zero-order valence-electron chi connectivity index (χ0n) is 48.8. The summed E-state index contributed by atoms with van der Waals surface area (Å²) >= 11 is 7.62. The van der Waals surface area contributed by atoms with Gasteiger partial charge in [0.1, 0.15) is 10.9 Å². The number of hydrogen-bond acceptors (Lipinski definition) is 15. The number of piperazine rings is 1. The van der Waals surface area contributed by atoms with E-state index in [1.165, 1.54) is 46.7 Å². The maximum Gasteiger partial charge on any atom is 0.501 e. The molecule has 0 aromatic heterocycles. The highest BCUT2D eigenvalue weighted by Crippen LogP contribution is 2.43. The van der Waals surface area contributed by atoms with Gasteiger partial charge in [-0.05, 0) is 160 Å². The Bertz CT molecular complexity index is 3620. The predicted octanol–water partition coefficient (Wildman–Crippen LogP) is 10.5. The lowest BCUT2D eigenvalue weighted by molar-refractivity contribution is -0.136. The fraction of sp³-hybridized carbons (Fsp3) is 0.413. The Kier molecular flexibility index (Phi) is 20.6. The van der Waals surface area contributed by atoms with Crippen molar-refractivity contribution in [1.29, 1.82) is 0 Å². The van der Waals surface area contributed by atoms with Crippen LogP contribution < -0.4 is 25.6 Å². The number of allylic oxidation sites excluding steroid dienone is 1. The second-order valence-corrected chi connectivity index (χ2v) is 28.5. The largest absolute Gasteiger partial charge is 0.501 e. The number of thioether (sulfide) groups is 1. The third kappa shape index (κ3) is 15.9. The molecule has 3 aliphatic heterocycles. The second-order valence-electron chi connectivity index (χ2n) is 23.4. The first-order valence-electron chi connectivity index (χ1n) is 29.2. The topological polar surface area (TPSA) is 215 Å². The minimum Gasteiger partial charge on any atom is -0.384 e. The number of rotatable bonds is 25. The molecule has 87 heavy (non-hydrogen) atoms. The van der Waals surface area contributed by atoms with E-state index in [9.17, 15) is 54.0 Å². The number of piperidine rings is 1. The van der Waals surface area contributed by atoms with Gasteiger partial charge >= 0.3 is 5.51 Å². The van der Waals surface area contributed by atoms with Crippen molar-refractivity contribution in [2.24, 2.45) is 5.41 Å². The fourth-order valence-corrected chi connectivity index (χ4v) is 14.7. The number of hydrogen-bond donors (Lipinski definition) is 4. The first-order valence-corrected chi connectivity index (χ1v) is 33.5. The molecule has 0 spiro atoms. The van der Waals surface area contributed by atoms with Gasteiger partial charge in [-0.1, -0.05) is 80.3 Å². The number of nitrogens with one attached hydrogen (secondary N) is 4. The summed E-state index contributed by atoms with van der Waals surface area (Å²) in [4.78, 5) is 70.8. The molecule has 24 heteroatoms. The average molecular weight is 1270 g/mol. The molecule has 5 aromatic rings. The zero-order valence-corrected chi connectivity index (χ0v) is 52.0. The Labute approximate surface area is 515 Å². The van der Waals surface area contributed by atoms with Crippen LogP contribution in [0.25, 0.3) is 5.57 Å². The maximum absolute atomic E-state index is 14.5. The smallest absolute Gasteiger partial charge is 0.384 e.